The molecular weight excluding hydrogens is 617 g/mol. The maximum absolute atomic E-state index is 10.9. The summed E-state index contributed by atoms with van der Waals surface area (Å²) in [5.74, 6) is 2.35. The number of thioether (sulfide) groups is 1. The largest absolute Gasteiger partial charge is 0.414 e. The lowest BCUT2D eigenvalue weighted by atomic mass is 9.49. The van der Waals surface area contributed by atoms with E-state index in [1.54, 1.807) is 16.7 Å². The van der Waals surface area contributed by atoms with Gasteiger partial charge in [0.05, 0.1) is 18.3 Å². The van der Waals surface area contributed by atoms with Crippen molar-refractivity contribution in [3.63, 3.8) is 0 Å². The smallest absolute Gasteiger partial charge is 0.192 e. The zero-order valence-electron chi connectivity index (χ0n) is 32.6. The molecule has 0 amide bonds. The Balaban J connectivity index is 1.63. The van der Waals surface area contributed by atoms with Crippen LogP contribution in [0.2, 0.25) is 36.3 Å². The zero-order valence-corrected chi connectivity index (χ0v) is 35.4. The highest BCUT2D eigenvalue weighted by atomic mass is 32.2. The van der Waals surface area contributed by atoms with Crippen molar-refractivity contribution < 1.29 is 14.0 Å². The van der Waals surface area contributed by atoms with Gasteiger partial charge in [0.25, 0.3) is 0 Å². The zero-order chi connectivity index (χ0) is 34.7. The maximum Gasteiger partial charge on any atom is 0.192 e. The Bertz CT molecular complexity index is 1190. The fraction of sp³-hybridized carbons (Fsp3) is 0.850. The standard InChI is InChI=1S/C40H72O3SSi2/c1-16-28(17-2)35(41)26-44-27(3)32-20-21-33-31-19-18-29-24-30(42-45(12,13)37(4,5)6)25-36(43-46(14,15)38(7,8)9)40(29,11)34(31)22-23-39(32,33)10/h18-20,27-28,30,33-36,41H,16-17,21-26H2,1-15H3/t27?,30?,33-,34-,35+,36?,39+,40-/m0/s1. The fourth-order valence-electron chi connectivity index (χ4n) is 8.94. The molecule has 4 aliphatic carbocycles. The fourth-order valence-corrected chi connectivity index (χ4v) is 13.0. The average molecular weight is 689 g/mol. The molecule has 2 saturated carbocycles. The lowest BCUT2D eigenvalue weighted by Gasteiger charge is -2.59. The summed E-state index contributed by atoms with van der Waals surface area (Å²) in [5, 5.41) is 11.7. The van der Waals surface area contributed by atoms with Gasteiger partial charge in [-0.25, -0.2) is 0 Å². The molecule has 0 saturated heterocycles. The molecule has 264 valence electrons. The van der Waals surface area contributed by atoms with Gasteiger partial charge in [0, 0.05) is 16.4 Å². The number of allylic oxidation sites excluding steroid dienone is 4. The van der Waals surface area contributed by atoms with Crippen molar-refractivity contribution in [2.45, 2.75) is 181 Å². The van der Waals surface area contributed by atoms with Gasteiger partial charge in [-0.3, -0.25) is 0 Å². The van der Waals surface area contributed by atoms with Crippen molar-refractivity contribution in [1.82, 2.24) is 0 Å². The van der Waals surface area contributed by atoms with Gasteiger partial charge in [-0.15, -0.1) is 0 Å². The minimum absolute atomic E-state index is 0.0107. The third-order valence-electron chi connectivity index (χ3n) is 14.3. The van der Waals surface area contributed by atoms with Gasteiger partial charge in [-0.05, 0) is 98.5 Å². The van der Waals surface area contributed by atoms with Gasteiger partial charge >= 0.3 is 0 Å². The van der Waals surface area contributed by atoms with Crippen LogP contribution >= 0.6 is 11.8 Å². The van der Waals surface area contributed by atoms with Crippen LogP contribution in [0.25, 0.3) is 0 Å². The van der Waals surface area contributed by atoms with E-state index in [0.717, 1.165) is 37.9 Å². The minimum atomic E-state index is -2.02. The molecule has 3 nitrogen and oxygen atoms in total. The minimum Gasteiger partial charge on any atom is -0.414 e. The number of aliphatic hydroxyl groups excluding tert-OH is 1. The van der Waals surface area contributed by atoms with E-state index in [2.05, 4.69) is 121 Å². The van der Waals surface area contributed by atoms with E-state index < -0.39 is 16.6 Å². The van der Waals surface area contributed by atoms with Crippen LogP contribution in [0.3, 0.4) is 0 Å². The van der Waals surface area contributed by atoms with Crippen LogP contribution in [-0.2, 0) is 8.85 Å². The third-order valence-corrected chi connectivity index (χ3v) is 24.6. The molecule has 2 fully saturated rings. The Morgan fingerprint density at radius 1 is 0.935 bits per heavy atom. The Labute approximate surface area is 291 Å². The van der Waals surface area contributed by atoms with E-state index in [-0.39, 0.29) is 39.2 Å². The monoisotopic (exact) mass is 688 g/mol. The lowest BCUT2D eigenvalue weighted by molar-refractivity contribution is -0.0386. The summed E-state index contributed by atoms with van der Waals surface area (Å²) in [6.07, 6.45) is 15.7. The van der Waals surface area contributed by atoms with Crippen LogP contribution in [0.1, 0.15) is 121 Å². The van der Waals surface area contributed by atoms with Crippen molar-refractivity contribution in [3.05, 3.63) is 34.9 Å². The molecule has 0 spiro atoms. The van der Waals surface area contributed by atoms with Gasteiger partial charge < -0.3 is 14.0 Å². The Kier molecular flexibility index (Phi) is 11.4. The highest BCUT2D eigenvalue weighted by Gasteiger charge is 2.59. The summed E-state index contributed by atoms with van der Waals surface area (Å²) < 4.78 is 14.7. The molecule has 0 aromatic carbocycles. The average Bonchev–Trinajstić information content (AvgIpc) is 3.29. The van der Waals surface area contributed by atoms with Gasteiger partial charge in [0.2, 0.25) is 0 Å². The summed E-state index contributed by atoms with van der Waals surface area (Å²) in [6.45, 7) is 35.9. The first-order valence-electron chi connectivity index (χ1n) is 18.8. The van der Waals surface area contributed by atoms with Crippen molar-refractivity contribution in [2.75, 3.05) is 5.75 Å². The van der Waals surface area contributed by atoms with Crippen LogP contribution in [0.4, 0.5) is 0 Å². The molecule has 0 aromatic heterocycles. The molecule has 4 aliphatic rings. The third kappa shape index (κ3) is 7.06. The van der Waals surface area contributed by atoms with E-state index in [4.69, 9.17) is 8.85 Å². The topological polar surface area (TPSA) is 38.7 Å². The molecule has 3 unspecified atom stereocenters. The first-order valence-corrected chi connectivity index (χ1v) is 25.7. The Hall–Kier alpha value is -0.116. The molecule has 0 radical (unpaired) electrons. The number of hydrogen-bond donors (Lipinski definition) is 1. The summed E-state index contributed by atoms with van der Waals surface area (Å²) in [7, 11) is -3.94. The van der Waals surface area contributed by atoms with E-state index in [0.29, 0.717) is 23.0 Å². The number of fused-ring (bicyclic) bond motifs is 5. The number of rotatable bonds is 11. The second-order valence-electron chi connectivity index (χ2n) is 19.0. The molecule has 1 N–H and O–H groups in total. The van der Waals surface area contributed by atoms with Crippen LogP contribution in [0, 0.1) is 28.6 Å². The first-order chi connectivity index (χ1) is 21.0. The Morgan fingerprint density at radius 3 is 2.09 bits per heavy atom. The van der Waals surface area contributed by atoms with Gasteiger partial charge in [-0.1, -0.05) is 117 Å². The van der Waals surface area contributed by atoms with Gasteiger partial charge in [0.1, 0.15) is 0 Å². The molecule has 8 atom stereocenters. The van der Waals surface area contributed by atoms with Crippen molar-refractivity contribution >= 4 is 28.4 Å². The van der Waals surface area contributed by atoms with Crippen LogP contribution in [0.15, 0.2) is 34.9 Å². The summed E-state index contributed by atoms with van der Waals surface area (Å²) in [5.41, 5.74) is 5.12. The predicted molar refractivity (Wildman–Crippen MR) is 207 cm³/mol. The van der Waals surface area contributed by atoms with E-state index in [1.165, 1.54) is 12.8 Å². The summed E-state index contributed by atoms with van der Waals surface area (Å²) in [6, 6.07) is 0. The highest BCUT2D eigenvalue weighted by Crippen LogP contribution is 2.65. The molecule has 0 aromatic rings. The lowest BCUT2D eigenvalue weighted by Crippen LogP contribution is -2.58. The molecule has 46 heavy (non-hydrogen) atoms. The second kappa shape index (κ2) is 13.5. The van der Waals surface area contributed by atoms with Crippen LogP contribution in [0.5, 0.6) is 0 Å². The maximum atomic E-state index is 10.9. The summed E-state index contributed by atoms with van der Waals surface area (Å²) in [4.78, 5) is 0. The molecule has 6 heteroatoms. The first kappa shape index (κ1) is 38.7. The van der Waals surface area contributed by atoms with E-state index in [1.807, 2.05) is 11.8 Å². The van der Waals surface area contributed by atoms with Crippen LogP contribution < -0.4 is 0 Å². The van der Waals surface area contributed by atoms with Gasteiger partial charge in [-0.2, -0.15) is 11.8 Å². The van der Waals surface area contributed by atoms with Crippen molar-refractivity contribution in [3.8, 4) is 0 Å². The number of hydrogen-bond acceptors (Lipinski definition) is 4. The van der Waals surface area contributed by atoms with Crippen molar-refractivity contribution in [1.29, 1.82) is 0 Å². The predicted octanol–water partition coefficient (Wildman–Crippen LogP) is 11.7. The molecule has 0 heterocycles. The molecule has 4 rings (SSSR count). The molecule has 0 bridgehead atoms. The SMILES string of the molecule is CCC(CC)[C@H](O)CSC(C)C1=CC[C@H]2C3=CC=C4CC(O[Si](C)(C)C(C)(C)C)CC(O[Si](C)(C)C(C)(C)C)[C@]4(C)[C@H]3CC[C@]12C. The van der Waals surface area contributed by atoms with Gasteiger partial charge in [0.15, 0.2) is 16.6 Å². The molecular formula is C40H72O3SSi2. The molecule has 0 aliphatic heterocycles. The van der Waals surface area contributed by atoms with E-state index in [9.17, 15) is 5.11 Å². The highest BCUT2D eigenvalue weighted by molar-refractivity contribution is 8.00. The van der Waals surface area contributed by atoms with E-state index >= 15 is 0 Å². The second-order valence-corrected chi connectivity index (χ2v) is 29.9. The summed E-state index contributed by atoms with van der Waals surface area (Å²) >= 11 is 1.98. The van der Waals surface area contributed by atoms with Crippen molar-refractivity contribution in [2.24, 2.45) is 28.6 Å². The normalized spacial score (nSPS) is 33.5. The Morgan fingerprint density at radius 2 is 1.52 bits per heavy atom. The number of aliphatic hydroxyl groups is 1. The quantitative estimate of drug-likeness (QED) is 0.173. The van der Waals surface area contributed by atoms with Crippen LogP contribution in [-0.4, -0.2) is 51.1 Å².